The van der Waals surface area contributed by atoms with E-state index < -0.39 is 15.7 Å². The Bertz CT molecular complexity index is 990. The first-order chi connectivity index (χ1) is 13.0. The van der Waals surface area contributed by atoms with Crippen molar-refractivity contribution >= 4 is 33.5 Å². The van der Waals surface area contributed by atoms with E-state index in [0.29, 0.717) is 11.6 Å². The van der Waals surface area contributed by atoms with Gasteiger partial charge in [0.15, 0.2) is 9.84 Å². The predicted octanol–water partition coefficient (Wildman–Crippen LogP) is 3.16. The number of hydrogen-bond acceptors (Lipinski definition) is 7. The molecule has 27 heavy (non-hydrogen) atoms. The maximum atomic E-state index is 12.2. The second-order valence-corrected chi connectivity index (χ2v) is 8.69. The number of nitrogens with zero attached hydrogens (tertiary/aromatic N) is 2. The van der Waals surface area contributed by atoms with E-state index in [1.165, 1.54) is 23.9 Å². The molecule has 0 bridgehead atoms. The van der Waals surface area contributed by atoms with Crippen LogP contribution in [0.2, 0.25) is 0 Å². The van der Waals surface area contributed by atoms with E-state index in [2.05, 4.69) is 15.5 Å². The molecule has 0 saturated carbocycles. The fourth-order valence-corrected chi connectivity index (χ4v) is 4.20. The second-order valence-electron chi connectivity index (χ2n) is 5.53. The van der Waals surface area contributed by atoms with Crippen molar-refractivity contribution in [2.45, 2.75) is 22.0 Å². The summed E-state index contributed by atoms with van der Waals surface area (Å²) in [7, 11) is -3.51. The highest BCUT2D eigenvalue weighted by Gasteiger charge is 2.17. The molecule has 2 aromatic carbocycles. The fourth-order valence-electron chi connectivity index (χ4n) is 2.18. The predicted molar refractivity (Wildman–Crippen MR) is 102 cm³/mol. The van der Waals surface area contributed by atoms with Gasteiger partial charge in [-0.1, -0.05) is 41.5 Å². The summed E-state index contributed by atoms with van der Waals surface area (Å²) < 4.78 is 29.7. The molecule has 0 saturated heterocycles. The summed E-state index contributed by atoms with van der Waals surface area (Å²) in [5, 5.41) is 10.1. The summed E-state index contributed by atoms with van der Waals surface area (Å²) in [6.45, 7) is 0. The molecule has 0 atom stereocenters. The number of thioether (sulfide) groups is 1. The van der Waals surface area contributed by atoms with Gasteiger partial charge in [-0.2, -0.15) is 0 Å². The lowest BCUT2D eigenvalue weighted by molar-refractivity contribution is -0.116. The first kappa shape index (κ1) is 19.1. The van der Waals surface area contributed by atoms with Gasteiger partial charge in [-0.15, -0.1) is 16.9 Å². The number of carbonyl (C=O) groups is 1. The topological polar surface area (TPSA) is 102 Å². The van der Waals surface area contributed by atoms with Crippen LogP contribution in [0.4, 0.5) is 6.01 Å². The molecule has 0 spiro atoms. The van der Waals surface area contributed by atoms with E-state index in [9.17, 15) is 13.2 Å². The summed E-state index contributed by atoms with van der Waals surface area (Å²) in [6.07, 6.45) is -0.201. The Labute approximate surface area is 161 Å². The molecule has 0 radical (unpaired) electrons. The van der Waals surface area contributed by atoms with Crippen molar-refractivity contribution in [2.75, 3.05) is 11.1 Å². The Hall–Kier alpha value is -2.65. The number of anilines is 1. The zero-order valence-electron chi connectivity index (χ0n) is 14.2. The number of aromatic nitrogens is 2. The van der Waals surface area contributed by atoms with Crippen LogP contribution in [0.25, 0.3) is 0 Å². The van der Waals surface area contributed by atoms with E-state index >= 15 is 0 Å². The third-order valence-corrected chi connectivity index (χ3v) is 6.25. The standard InChI is InChI=1S/C18H17N3O4S2/c22-16(11-12-27(23,24)15-9-5-2-6-10-15)19-18-21-20-17(25-18)13-26-14-7-3-1-4-8-14/h1-10H,11-13H2,(H,19,21,22). The molecule has 7 nitrogen and oxygen atoms in total. The van der Waals surface area contributed by atoms with Gasteiger partial charge in [-0.3, -0.25) is 10.1 Å². The number of hydrogen-bond donors (Lipinski definition) is 1. The van der Waals surface area contributed by atoms with E-state index in [4.69, 9.17) is 4.42 Å². The van der Waals surface area contributed by atoms with E-state index in [0.717, 1.165) is 4.90 Å². The van der Waals surface area contributed by atoms with Gasteiger partial charge in [0.1, 0.15) is 0 Å². The highest BCUT2D eigenvalue weighted by molar-refractivity contribution is 7.98. The lowest BCUT2D eigenvalue weighted by Crippen LogP contribution is -2.17. The summed E-state index contributed by atoms with van der Waals surface area (Å²) in [6, 6.07) is 17.7. The van der Waals surface area contributed by atoms with Crippen LogP contribution >= 0.6 is 11.8 Å². The smallest absolute Gasteiger partial charge is 0.322 e. The van der Waals surface area contributed by atoms with Crippen molar-refractivity contribution < 1.29 is 17.6 Å². The molecule has 1 N–H and O–H groups in total. The van der Waals surface area contributed by atoms with Crippen LogP contribution < -0.4 is 5.32 Å². The molecule has 0 fully saturated rings. The minimum Gasteiger partial charge on any atom is -0.407 e. The first-order valence-electron chi connectivity index (χ1n) is 8.11. The van der Waals surface area contributed by atoms with Gasteiger partial charge in [-0.05, 0) is 24.3 Å². The van der Waals surface area contributed by atoms with Crippen molar-refractivity contribution in [2.24, 2.45) is 0 Å². The Morgan fingerprint density at radius 1 is 1.00 bits per heavy atom. The first-order valence-corrected chi connectivity index (χ1v) is 10.7. The van der Waals surface area contributed by atoms with Crippen LogP contribution in [0.5, 0.6) is 0 Å². The number of sulfone groups is 1. The highest BCUT2D eigenvalue weighted by atomic mass is 32.2. The average Bonchev–Trinajstić information content (AvgIpc) is 3.14. The molecule has 9 heteroatoms. The van der Waals surface area contributed by atoms with Crippen LogP contribution in [-0.2, 0) is 20.4 Å². The molecule has 140 valence electrons. The minimum atomic E-state index is -3.51. The Morgan fingerprint density at radius 2 is 1.67 bits per heavy atom. The van der Waals surface area contributed by atoms with Crippen molar-refractivity contribution in [3.05, 3.63) is 66.6 Å². The molecular weight excluding hydrogens is 386 g/mol. The van der Waals surface area contributed by atoms with Gasteiger partial charge in [0, 0.05) is 11.3 Å². The van der Waals surface area contributed by atoms with Crippen molar-refractivity contribution in [1.29, 1.82) is 0 Å². The van der Waals surface area contributed by atoms with Gasteiger partial charge >= 0.3 is 6.01 Å². The normalized spacial score (nSPS) is 11.3. The van der Waals surface area contributed by atoms with Crippen LogP contribution in [0.3, 0.4) is 0 Å². The van der Waals surface area contributed by atoms with Gasteiger partial charge < -0.3 is 4.42 Å². The third kappa shape index (κ3) is 5.66. The van der Waals surface area contributed by atoms with Crippen LogP contribution in [0.1, 0.15) is 12.3 Å². The summed E-state index contributed by atoms with van der Waals surface area (Å²) in [4.78, 5) is 13.2. The number of benzene rings is 2. The van der Waals surface area contributed by atoms with Crippen molar-refractivity contribution in [1.82, 2.24) is 10.2 Å². The van der Waals surface area contributed by atoms with Gasteiger partial charge in [0.25, 0.3) is 0 Å². The summed E-state index contributed by atoms with van der Waals surface area (Å²) in [5.74, 6) is 0.0414. The van der Waals surface area contributed by atoms with Gasteiger partial charge in [-0.25, -0.2) is 8.42 Å². The second kappa shape index (κ2) is 8.83. The maximum Gasteiger partial charge on any atom is 0.322 e. The van der Waals surface area contributed by atoms with E-state index in [-0.39, 0.29) is 23.1 Å². The number of rotatable bonds is 8. The summed E-state index contributed by atoms with van der Waals surface area (Å²) in [5.41, 5.74) is 0. The van der Waals surface area contributed by atoms with Gasteiger partial charge in [0.2, 0.25) is 11.8 Å². The molecule has 1 aromatic heterocycles. The van der Waals surface area contributed by atoms with Crippen molar-refractivity contribution in [3.63, 3.8) is 0 Å². The Kier molecular flexibility index (Phi) is 6.25. The van der Waals surface area contributed by atoms with E-state index in [1.807, 2.05) is 30.3 Å². The largest absolute Gasteiger partial charge is 0.407 e. The SMILES string of the molecule is O=C(CCS(=O)(=O)c1ccccc1)Nc1nnc(CSc2ccccc2)o1. The monoisotopic (exact) mass is 403 g/mol. The Morgan fingerprint density at radius 3 is 2.37 bits per heavy atom. The molecule has 1 amide bonds. The molecule has 1 heterocycles. The number of nitrogens with one attached hydrogen (secondary N) is 1. The number of amides is 1. The number of carbonyl (C=O) groups excluding carboxylic acids is 1. The van der Waals surface area contributed by atoms with E-state index in [1.54, 1.807) is 18.2 Å². The zero-order valence-corrected chi connectivity index (χ0v) is 15.9. The molecule has 3 rings (SSSR count). The molecule has 3 aromatic rings. The third-order valence-electron chi connectivity index (χ3n) is 3.52. The summed E-state index contributed by atoms with van der Waals surface area (Å²) >= 11 is 1.53. The quantitative estimate of drug-likeness (QED) is 0.576. The van der Waals surface area contributed by atoms with Crippen molar-refractivity contribution in [3.8, 4) is 0 Å². The fraction of sp³-hybridized carbons (Fsp3) is 0.167. The minimum absolute atomic E-state index is 0.0410. The van der Waals surface area contributed by atoms with Crippen LogP contribution in [0, 0.1) is 0 Å². The van der Waals surface area contributed by atoms with Crippen LogP contribution in [0.15, 0.2) is 74.9 Å². The average molecular weight is 403 g/mol. The molecule has 0 aliphatic rings. The highest BCUT2D eigenvalue weighted by Crippen LogP contribution is 2.22. The lowest BCUT2D eigenvalue weighted by Gasteiger charge is -2.03. The van der Waals surface area contributed by atoms with Gasteiger partial charge in [0.05, 0.1) is 16.4 Å². The Balaban J connectivity index is 1.49. The zero-order chi connectivity index (χ0) is 19.1. The lowest BCUT2D eigenvalue weighted by atomic mass is 10.4. The molecule has 0 aliphatic heterocycles. The molecular formula is C18H17N3O4S2. The van der Waals surface area contributed by atoms with Crippen LogP contribution in [-0.4, -0.2) is 30.3 Å². The maximum absolute atomic E-state index is 12.2. The molecule has 0 aliphatic carbocycles. The molecule has 0 unspecified atom stereocenters.